The Hall–Kier alpha value is -0.570. The fourth-order valence-corrected chi connectivity index (χ4v) is 2.31. The van der Waals surface area contributed by atoms with E-state index in [2.05, 4.69) is 11.9 Å². The molecule has 0 aromatic rings. The van der Waals surface area contributed by atoms with Crippen LogP contribution in [0.3, 0.4) is 0 Å². The first-order valence-electron chi connectivity index (χ1n) is 5.93. The number of carboxylic acid groups (broad SMARTS) is 1. The third-order valence-electron chi connectivity index (χ3n) is 3.61. The highest BCUT2D eigenvalue weighted by molar-refractivity contribution is 5.74. The van der Waals surface area contributed by atoms with E-state index in [9.17, 15) is 9.90 Å². The standard InChI is InChI=1S/C12H23NO2/c1-4-8-12(2,11(14)15)9-13(3)10-6-5-7-10/h10H,4-9H2,1-3H3,(H,14,15). The molecule has 1 saturated carbocycles. The highest BCUT2D eigenvalue weighted by atomic mass is 16.4. The van der Waals surface area contributed by atoms with E-state index in [1.54, 1.807) is 0 Å². The highest BCUT2D eigenvalue weighted by Gasteiger charge is 2.35. The summed E-state index contributed by atoms with van der Waals surface area (Å²) in [5.74, 6) is -0.657. The molecule has 0 aromatic heterocycles. The number of nitrogens with zero attached hydrogens (tertiary/aromatic N) is 1. The largest absolute Gasteiger partial charge is 0.481 e. The summed E-state index contributed by atoms with van der Waals surface area (Å²) in [6.45, 7) is 4.60. The highest BCUT2D eigenvalue weighted by Crippen LogP contribution is 2.30. The average molecular weight is 213 g/mol. The predicted molar refractivity (Wildman–Crippen MR) is 60.9 cm³/mol. The van der Waals surface area contributed by atoms with Crippen molar-refractivity contribution < 1.29 is 9.90 Å². The van der Waals surface area contributed by atoms with E-state index in [0.29, 0.717) is 12.6 Å². The lowest BCUT2D eigenvalue weighted by Crippen LogP contribution is -2.46. The summed E-state index contributed by atoms with van der Waals surface area (Å²) in [5, 5.41) is 9.26. The van der Waals surface area contributed by atoms with Gasteiger partial charge in [-0.1, -0.05) is 19.8 Å². The van der Waals surface area contributed by atoms with Crippen molar-refractivity contribution in [3.05, 3.63) is 0 Å². The molecule has 1 aliphatic carbocycles. The van der Waals surface area contributed by atoms with Crippen molar-refractivity contribution in [2.75, 3.05) is 13.6 Å². The van der Waals surface area contributed by atoms with E-state index >= 15 is 0 Å². The van der Waals surface area contributed by atoms with Crippen molar-refractivity contribution >= 4 is 5.97 Å². The molecule has 0 heterocycles. The molecule has 1 aliphatic rings. The van der Waals surface area contributed by atoms with Gasteiger partial charge < -0.3 is 10.0 Å². The summed E-state index contributed by atoms with van der Waals surface area (Å²) in [7, 11) is 2.06. The minimum atomic E-state index is -0.657. The zero-order valence-corrected chi connectivity index (χ0v) is 10.1. The van der Waals surface area contributed by atoms with Crippen LogP contribution in [0.2, 0.25) is 0 Å². The van der Waals surface area contributed by atoms with Crippen LogP contribution in [0.1, 0.15) is 46.0 Å². The molecule has 3 nitrogen and oxygen atoms in total. The van der Waals surface area contributed by atoms with Crippen molar-refractivity contribution in [2.45, 2.75) is 52.0 Å². The summed E-state index contributed by atoms with van der Waals surface area (Å²) in [6.07, 6.45) is 5.46. The number of carbonyl (C=O) groups is 1. The molecule has 1 N–H and O–H groups in total. The number of hydrogen-bond donors (Lipinski definition) is 1. The second kappa shape index (κ2) is 4.97. The normalized spacial score (nSPS) is 21.1. The van der Waals surface area contributed by atoms with Crippen LogP contribution in [0.5, 0.6) is 0 Å². The van der Waals surface area contributed by atoms with Gasteiger partial charge in [0, 0.05) is 12.6 Å². The van der Waals surface area contributed by atoms with E-state index in [1.165, 1.54) is 19.3 Å². The third-order valence-corrected chi connectivity index (χ3v) is 3.61. The lowest BCUT2D eigenvalue weighted by atomic mass is 9.83. The molecule has 0 aromatic carbocycles. The average Bonchev–Trinajstić information content (AvgIpc) is 1.99. The number of rotatable bonds is 6. The Morgan fingerprint density at radius 3 is 2.47 bits per heavy atom. The maximum absolute atomic E-state index is 11.2. The molecule has 3 heteroatoms. The number of carboxylic acids is 1. The molecule has 88 valence electrons. The number of hydrogen-bond acceptors (Lipinski definition) is 2. The van der Waals surface area contributed by atoms with Crippen molar-refractivity contribution in [3.63, 3.8) is 0 Å². The fourth-order valence-electron chi connectivity index (χ4n) is 2.31. The van der Waals surface area contributed by atoms with Gasteiger partial charge in [-0.15, -0.1) is 0 Å². The van der Waals surface area contributed by atoms with Gasteiger partial charge in [0.1, 0.15) is 0 Å². The topological polar surface area (TPSA) is 40.5 Å². The van der Waals surface area contributed by atoms with Gasteiger partial charge in [0.25, 0.3) is 0 Å². The lowest BCUT2D eigenvalue weighted by Gasteiger charge is -2.39. The van der Waals surface area contributed by atoms with Crippen LogP contribution in [0.4, 0.5) is 0 Å². The molecule has 0 spiro atoms. The van der Waals surface area contributed by atoms with E-state index in [4.69, 9.17) is 0 Å². The molecule has 0 amide bonds. The Morgan fingerprint density at radius 2 is 2.13 bits per heavy atom. The van der Waals surface area contributed by atoms with Crippen LogP contribution >= 0.6 is 0 Å². The SMILES string of the molecule is CCCC(C)(CN(C)C1CCC1)C(=O)O. The van der Waals surface area contributed by atoms with Crippen LogP contribution in [-0.2, 0) is 4.79 Å². The van der Waals surface area contributed by atoms with Gasteiger partial charge in [0.05, 0.1) is 5.41 Å². The first kappa shape index (κ1) is 12.5. The molecule has 1 fully saturated rings. The Kier molecular flexibility index (Phi) is 4.14. The summed E-state index contributed by atoms with van der Waals surface area (Å²) in [4.78, 5) is 13.5. The molecule has 0 bridgehead atoms. The maximum atomic E-state index is 11.2. The second-order valence-corrected chi connectivity index (χ2v) is 5.12. The molecular weight excluding hydrogens is 190 g/mol. The van der Waals surface area contributed by atoms with Crippen LogP contribution < -0.4 is 0 Å². The van der Waals surface area contributed by atoms with Gasteiger partial charge in [-0.2, -0.15) is 0 Å². The lowest BCUT2D eigenvalue weighted by molar-refractivity contribution is -0.150. The predicted octanol–water partition coefficient (Wildman–Crippen LogP) is 2.36. The van der Waals surface area contributed by atoms with Gasteiger partial charge in [0.2, 0.25) is 0 Å². The van der Waals surface area contributed by atoms with Crippen LogP contribution in [0, 0.1) is 5.41 Å². The van der Waals surface area contributed by atoms with Crippen LogP contribution in [-0.4, -0.2) is 35.6 Å². The summed E-state index contributed by atoms with van der Waals surface area (Å²) < 4.78 is 0. The zero-order valence-electron chi connectivity index (χ0n) is 10.1. The Morgan fingerprint density at radius 1 is 1.53 bits per heavy atom. The molecule has 15 heavy (non-hydrogen) atoms. The van der Waals surface area contributed by atoms with Gasteiger partial charge in [-0.05, 0) is 33.2 Å². The summed E-state index contributed by atoms with van der Waals surface area (Å²) in [5.41, 5.74) is -0.570. The van der Waals surface area contributed by atoms with Crippen molar-refractivity contribution in [2.24, 2.45) is 5.41 Å². The van der Waals surface area contributed by atoms with Crippen LogP contribution in [0.15, 0.2) is 0 Å². The van der Waals surface area contributed by atoms with E-state index in [-0.39, 0.29) is 0 Å². The number of aliphatic carboxylic acids is 1. The van der Waals surface area contributed by atoms with Crippen LogP contribution in [0.25, 0.3) is 0 Å². The zero-order chi connectivity index (χ0) is 11.5. The second-order valence-electron chi connectivity index (χ2n) is 5.12. The summed E-state index contributed by atoms with van der Waals surface area (Å²) >= 11 is 0. The fraction of sp³-hybridized carbons (Fsp3) is 0.917. The first-order valence-corrected chi connectivity index (χ1v) is 5.93. The van der Waals surface area contributed by atoms with E-state index in [0.717, 1.165) is 12.8 Å². The minimum absolute atomic E-state index is 0.570. The van der Waals surface area contributed by atoms with Crippen molar-refractivity contribution in [3.8, 4) is 0 Å². The molecular formula is C12H23NO2. The third kappa shape index (κ3) is 2.94. The van der Waals surface area contributed by atoms with Gasteiger partial charge >= 0.3 is 5.97 Å². The Balaban J connectivity index is 2.52. The van der Waals surface area contributed by atoms with Crippen molar-refractivity contribution in [1.82, 2.24) is 4.90 Å². The van der Waals surface area contributed by atoms with Crippen molar-refractivity contribution in [1.29, 1.82) is 0 Å². The quantitative estimate of drug-likeness (QED) is 0.736. The smallest absolute Gasteiger partial charge is 0.310 e. The molecule has 0 aliphatic heterocycles. The molecule has 0 saturated heterocycles. The van der Waals surface area contributed by atoms with Gasteiger partial charge in [-0.25, -0.2) is 0 Å². The molecule has 0 radical (unpaired) electrons. The Bertz CT molecular complexity index is 226. The molecule has 1 rings (SSSR count). The Labute approximate surface area is 92.5 Å². The minimum Gasteiger partial charge on any atom is -0.481 e. The molecule has 1 atom stereocenters. The van der Waals surface area contributed by atoms with E-state index in [1.807, 2.05) is 13.8 Å². The maximum Gasteiger partial charge on any atom is 0.310 e. The first-order chi connectivity index (χ1) is 6.99. The van der Waals surface area contributed by atoms with Gasteiger partial charge in [-0.3, -0.25) is 4.79 Å². The monoisotopic (exact) mass is 213 g/mol. The van der Waals surface area contributed by atoms with E-state index < -0.39 is 11.4 Å². The molecule has 1 unspecified atom stereocenters. The van der Waals surface area contributed by atoms with Gasteiger partial charge in [0.15, 0.2) is 0 Å². The summed E-state index contributed by atoms with van der Waals surface area (Å²) in [6, 6.07) is 0.625.